The van der Waals surface area contributed by atoms with Crippen LogP contribution in [0.5, 0.6) is 5.75 Å². The molecule has 0 radical (unpaired) electrons. The number of thioether (sulfide) groups is 1. The summed E-state index contributed by atoms with van der Waals surface area (Å²) >= 11 is 1.62. The number of ether oxygens (including phenoxy) is 1. The minimum absolute atomic E-state index is 0.179. The third-order valence-corrected chi connectivity index (χ3v) is 6.67. The van der Waals surface area contributed by atoms with Gasteiger partial charge in [-0.3, -0.25) is 4.79 Å². The molecule has 0 spiro atoms. The SMILES string of the molecule is CCOc1ccccc1N1CCN(C(=O)[C@@H](Sc2ccccc2)c2ccccc2)CC1. The molecule has 1 atom stereocenters. The number of para-hydroxylation sites is 2. The quantitative estimate of drug-likeness (QED) is 0.476. The highest BCUT2D eigenvalue weighted by Crippen LogP contribution is 2.37. The molecule has 1 aliphatic heterocycles. The standard InChI is InChI=1S/C26H28N2O2S/c1-2-30-24-16-10-9-15-23(24)27-17-19-28(20-18-27)26(29)25(21-11-5-3-6-12-21)31-22-13-7-4-8-14-22/h3-16,25H,2,17-20H2,1H3/t25-/m0/s1. The summed E-state index contributed by atoms with van der Waals surface area (Å²) in [6, 6.07) is 28.4. The summed E-state index contributed by atoms with van der Waals surface area (Å²) in [5, 5.41) is -0.245. The molecule has 1 aliphatic rings. The maximum atomic E-state index is 13.6. The van der Waals surface area contributed by atoms with Crippen molar-refractivity contribution in [2.45, 2.75) is 17.1 Å². The zero-order valence-electron chi connectivity index (χ0n) is 17.8. The van der Waals surface area contributed by atoms with Crippen LogP contribution in [0.2, 0.25) is 0 Å². The Bertz CT molecular complexity index is 973. The van der Waals surface area contributed by atoms with Crippen molar-refractivity contribution < 1.29 is 9.53 Å². The number of nitrogens with zero attached hydrogens (tertiary/aromatic N) is 2. The maximum Gasteiger partial charge on any atom is 0.240 e. The fourth-order valence-corrected chi connectivity index (χ4v) is 4.98. The average molecular weight is 433 g/mol. The fourth-order valence-electron chi connectivity index (χ4n) is 3.85. The molecular formula is C26H28N2O2S. The normalized spacial score (nSPS) is 14.9. The molecular weight excluding hydrogens is 404 g/mol. The lowest BCUT2D eigenvalue weighted by molar-refractivity contribution is -0.131. The molecule has 1 amide bonds. The molecule has 31 heavy (non-hydrogen) atoms. The summed E-state index contributed by atoms with van der Waals surface area (Å²) in [7, 11) is 0. The van der Waals surface area contributed by atoms with Gasteiger partial charge in [-0.25, -0.2) is 0 Å². The molecule has 0 aromatic heterocycles. The Hall–Kier alpha value is -2.92. The number of amides is 1. The predicted octanol–water partition coefficient (Wildman–Crippen LogP) is 5.27. The van der Waals surface area contributed by atoms with Crippen molar-refractivity contribution in [1.82, 2.24) is 4.90 Å². The van der Waals surface area contributed by atoms with Crippen LogP contribution in [0.4, 0.5) is 5.69 Å². The first kappa shape index (κ1) is 21.3. The Balaban J connectivity index is 1.48. The molecule has 0 N–H and O–H groups in total. The van der Waals surface area contributed by atoms with Gasteiger partial charge in [-0.15, -0.1) is 11.8 Å². The van der Waals surface area contributed by atoms with Crippen molar-refractivity contribution in [1.29, 1.82) is 0 Å². The van der Waals surface area contributed by atoms with Gasteiger partial charge in [0.25, 0.3) is 0 Å². The van der Waals surface area contributed by atoms with Gasteiger partial charge in [0.1, 0.15) is 11.0 Å². The summed E-state index contributed by atoms with van der Waals surface area (Å²) in [5.74, 6) is 1.09. The minimum atomic E-state index is -0.245. The van der Waals surface area contributed by atoms with Crippen LogP contribution in [0.3, 0.4) is 0 Å². The first-order valence-corrected chi connectivity index (χ1v) is 11.7. The monoisotopic (exact) mass is 432 g/mol. The Labute approximate surface area is 188 Å². The summed E-state index contributed by atoms with van der Waals surface area (Å²) in [5.41, 5.74) is 2.15. The summed E-state index contributed by atoms with van der Waals surface area (Å²) in [6.45, 7) is 5.66. The van der Waals surface area contributed by atoms with E-state index in [1.807, 2.05) is 78.6 Å². The van der Waals surface area contributed by atoms with Gasteiger partial charge in [0.15, 0.2) is 0 Å². The lowest BCUT2D eigenvalue weighted by Gasteiger charge is -2.38. The smallest absolute Gasteiger partial charge is 0.240 e. The van der Waals surface area contributed by atoms with Crippen molar-refractivity contribution in [3.8, 4) is 5.75 Å². The Morgan fingerprint density at radius 3 is 2.16 bits per heavy atom. The molecule has 4 nitrogen and oxygen atoms in total. The third-order valence-electron chi connectivity index (χ3n) is 5.42. The second kappa shape index (κ2) is 10.4. The second-order valence-corrected chi connectivity index (χ2v) is 8.61. The number of hydrogen-bond donors (Lipinski definition) is 0. The number of carbonyl (C=O) groups excluding carboxylic acids is 1. The third kappa shape index (κ3) is 5.23. The topological polar surface area (TPSA) is 32.8 Å². The zero-order valence-corrected chi connectivity index (χ0v) is 18.6. The number of piperazine rings is 1. The van der Waals surface area contributed by atoms with Crippen molar-refractivity contribution in [2.24, 2.45) is 0 Å². The molecule has 0 unspecified atom stereocenters. The Kier molecular flexibility index (Phi) is 7.15. The summed E-state index contributed by atoms with van der Waals surface area (Å²) < 4.78 is 5.80. The van der Waals surface area contributed by atoms with E-state index in [0.717, 1.165) is 35.0 Å². The number of hydrogen-bond acceptors (Lipinski definition) is 4. The van der Waals surface area contributed by atoms with Crippen LogP contribution in [0.1, 0.15) is 17.7 Å². The number of anilines is 1. The molecule has 4 rings (SSSR count). The van der Waals surface area contributed by atoms with E-state index in [2.05, 4.69) is 23.1 Å². The van der Waals surface area contributed by atoms with Gasteiger partial charge in [-0.05, 0) is 36.8 Å². The molecule has 1 heterocycles. The van der Waals surface area contributed by atoms with Crippen LogP contribution in [0, 0.1) is 0 Å². The average Bonchev–Trinajstić information content (AvgIpc) is 2.84. The van der Waals surface area contributed by atoms with Gasteiger partial charge < -0.3 is 14.5 Å². The number of rotatable bonds is 7. The molecule has 0 aliphatic carbocycles. The van der Waals surface area contributed by atoms with E-state index in [4.69, 9.17) is 4.74 Å². The molecule has 3 aromatic rings. The van der Waals surface area contributed by atoms with Gasteiger partial charge in [0.2, 0.25) is 5.91 Å². The van der Waals surface area contributed by atoms with E-state index in [1.54, 1.807) is 11.8 Å². The molecule has 3 aromatic carbocycles. The lowest BCUT2D eigenvalue weighted by atomic mass is 10.1. The van der Waals surface area contributed by atoms with Crippen molar-refractivity contribution in [2.75, 3.05) is 37.7 Å². The zero-order chi connectivity index (χ0) is 21.5. The lowest BCUT2D eigenvalue weighted by Crippen LogP contribution is -2.49. The van der Waals surface area contributed by atoms with Gasteiger partial charge in [-0.1, -0.05) is 60.7 Å². The van der Waals surface area contributed by atoms with Gasteiger partial charge in [0.05, 0.1) is 12.3 Å². The molecule has 0 bridgehead atoms. The van der Waals surface area contributed by atoms with Crippen molar-refractivity contribution in [3.05, 3.63) is 90.5 Å². The maximum absolute atomic E-state index is 13.6. The van der Waals surface area contributed by atoms with E-state index in [1.165, 1.54) is 0 Å². The summed E-state index contributed by atoms with van der Waals surface area (Å²) in [4.78, 5) is 19.0. The molecule has 0 saturated carbocycles. The highest BCUT2D eigenvalue weighted by Gasteiger charge is 2.30. The van der Waals surface area contributed by atoms with Crippen LogP contribution < -0.4 is 9.64 Å². The molecule has 1 saturated heterocycles. The van der Waals surface area contributed by atoms with Gasteiger partial charge in [0, 0.05) is 31.1 Å². The van der Waals surface area contributed by atoms with E-state index in [9.17, 15) is 4.79 Å². The number of benzene rings is 3. The first-order valence-electron chi connectivity index (χ1n) is 10.8. The van der Waals surface area contributed by atoms with Gasteiger partial charge in [-0.2, -0.15) is 0 Å². The summed E-state index contributed by atoms with van der Waals surface area (Å²) in [6.07, 6.45) is 0. The molecule has 5 heteroatoms. The predicted molar refractivity (Wildman–Crippen MR) is 128 cm³/mol. The molecule has 160 valence electrons. The van der Waals surface area contributed by atoms with Crippen LogP contribution >= 0.6 is 11.8 Å². The Morgan fingerprint density at radius 1 is 0.871 bits per heavy atom. The van der Waals surface area contributed by atoms with Crippen LogP contribution in [0.25, 0.3) is 0 Å². The van der Waals surface area contributed by atoms with Crippen molar-refractivity contribution in [3.63, 3.8) is 0 Å². The van der Waals surface area contributed by atoms with Gasteiger partial charge >= 0.3 is 0 Å². The second-order valence-electron chi connectivity index (χ2n) is 7.43. The molecule has 1 fully saturated rings. The van der Waals surface area contributed by atoms with E-state index >= 15 is 0 Å². The largest absolute Gasteiger partial charge is 0.492 e. The van der Waals surface area contributed by atoms with E-state index < -0.39 is 0 Å². The fraction of sp³-hybridized carbons (Fsp3) is 0.269. The van der Waals surface area contributed by atoms with Crippen LogP contribution in [-0.2, 0) is 4.79 Å². The first-order chi connectivity index (χ1) is 15.3. The van der Waals surface area contributed by atoms with E-state index in [-0.39, 0.29) is 11.2 Å². The van der Waals surface area contributed by atoms with Crippen LogP contribution in [-0.4, -0.2) is 43.6 Å². The van der Waals surface area contributed by atoms with Crippen LogP contribution in [0.15, 0.2) is 89.8 Å². The minimum Gasteiger partial charge on any atom is -0.492 e. The Morgan fingerprint density at radius 2 is 1.48 bits per heavy atom. The van der Waals surface area contributed by atoms with E-state index in [0.29, 0.717) is 19.7 Å². The highest BCUT2D eigenvalue weighted by atomic mass is 32.2. The van der Waals surface area contributed by atoms with Crippen molar-refractivity contribution >= 4 is 23.4 Å². The number of carbonyl (C=O) groups is 1. The highest BCUT2D eigenvalue weighted by molar-refractivity contribution is 8.00.